The topological polar surface area (TPSA) is 111 Å². The summed E-state index contributed by atoms with van der Waals surface area (Å²) in [6.07, 6.45) is 1.14. The third-order valence-corrected chi connectivity index (χ3v) is 5.16. The van der Waals surface area contributed by atoms with Crippen LogP contribution in [0.3, 0.4) is 0 Å². The van der Waals surface area contributed by atoms with Crippen molar-refractivity contribution in [1.82, 2.24) is 15.1 Å². The molecule has 2 aromatic carbocycles. The van der Waals surface area contributed by atoms with Crippen LogP contribution in [0.1, 0.15) is 40.0 Å². The molecule has 0 saturated heterocycles. The van der Waals surface area contributed by atoms with Crippen molar-refractivity contribution >= 4 is 16.8 Å². The lowest BCUT2D eigenvalue weighted by Crippen LogP contribution is -2.25. The number of nitriles is 1. The van der Waals surface area contributed by atoms with Gasteiger partial charge in [0, 0.05) is 38.1 Å². The minimum atomic E-state index is -0.244. The van der Waals surface area contributed by atoms with Crippen molar-refractivity contribution in [3.05, 3.63) is 52.7 Å². The number of ether oxygens (including phenoxy) is 2. The van der Waals surface area contributed by atoms with Gasteiger partial charge in [0.25, 0.3) is 5.91 Å². The van der Waals surface area contributed by atoms with Crippen molar-refractivity contribution in [3.8, 4) is 17.6 Å². The Bertz CT molecular complexity index is 1130. The van der Waals surface area contributed by atoms with Crippen LogP contribution in [0, 0.1) is 11.3 Å². The number of unbranched alkanes of at least 4 members (excludes halogenated alkanes) is 1. The zero-order valence-corrected chi connectivity index (χ0v) is 16.6. The van der Waals surface area contributed by atoms with Crippen molar-refractivity contribution in [1.29, 1.82) is 5.26 Å². The zero-order chi connectivity index (χ0) is 21.1. The van der Waals surface area contributed by atoms with E-state index in [0.717, 1.165) is 22.3 Å². The summed E-state index contributed by atoms with van der Waals surface area (Å²) in [5.41, 5.74) is 3.65. The summed E-state index contributed by atoms with van der Waals surface area (Å²) >= 11 is 0. The van der Waals surface area contributed by atoms with E-state index in [0.29, 0.717) is 50.4 Å². The maximum Gasteiger partial charge on any atom is 0.258 e. The SMILES string of the molecule is COCc1n[nH]c2cc(O)c(C(=O)N3Cc4ccc(OCCCC#N)cc4C3)cc12. The van der Waals surface area contributed by atoms with Crippen molar-refractivity contribution < 1.29 is 19.4 Å². The number of phenols is 1. The first-order valence-corrected chi connectivity index (χ1v) is 9.70. The Morgan fingerprint density at radius 1 is 1.30 bits per heavy atom. The number of H-pyrrole nitrogens is 1. The lowest BCUT2D eigenvalue weighted by molar-refractivity contribution is 0.0748. The predicted octanol–water partition coefficient (Wildman–Crippen LogP) is 3.25. The monoisotopic (exact) mass is 406 g/mol. The lowest BCUT2D eigenvalue weighted by atomic mass is 10.1. The largest absolute Gasteiger partial charge is 0.507 e. The number of benzene rings is 2. The van der Waals surface area contributed by atoms with Crippen LogP contribution in [0.25, 0.3) is 10.9 Å². The Morgan fingerprint density at radius 2 is 2.13 bits per heavy atom. The molecule has 8 nitrogen and oxygen atoms in total. The number of fused-ring (bicyclic) bond motifs is 2. The summed E-state index contributed by atoms with van der Waals surface area (Å²) in [5, 5.41) is 26.8. The van der Waals surface area contributed by atoms with Gasteiger partial charge in [-0.05, 0) is 35.7 Å². The number of aromatic amines is 1. The van der Waals surface area contributed by atoms with E-state index in [4.69, 9.17) is 14.7 Å². The fourth-order valence-corrected chi connectivity index (χ4v) is 3.64. The number of aromatic nitrogens is 2. The maximum atomic E-state index is 13.1. The maximum absolute atomic E-state index is 13.1. The summed E-state index contributed by atoms with van der Waals surface area (Å²) in [4.78, 5) is 14.8. The number of nitrogens with zero attached hydrogens (tertiary/aromatic N) is 3. The Labute approximate surface area is 173 Å². The number of hydrogen-bond donors (Lipinski definition) is 2. The van der Waals surface area contributed by atoms with Gasteiger partial charge >= 0.3 is 0 Å². The van der Waals surface area contributed by atoms with Crippen LogP contribution in [0.2, 0.25) is 0 Å². The molecule has 0 spiro atoms. The van der Waals surface area contributed by atoms with Crippen molar-refractivity contribution in [2.24, 2.45) is 0 Å². The molecule has 3 aromatic rings. The number of carbonyl (C=O) groups excluding carboxylic acids is 1. The molecular formula is C22H22N4O4. The summed E-state index contributed by atoms with van der Waals surface area (Å²) in [5.74, 6) is 0.400. The highest BCUT2D eigenvalue weighted by molar-refractivity contribution is 6.01. The molecule has 8 heteroatoms. The predicted molar refractivity (Wildman–Crippen MR) is 109 cm³/mol. The first-order valence-electron chi connectivity index (χ1n) is 9.70. The number of amides is 1. The molecule has 0 saturated carbocycles. The van der Waals surface area contributed by atoms with Gasteiger partial charge in [-0.15, -0.1) is 0 Å². The molecule has 1 aliphatic heterocycles. The van der Waals surface area contributed by atoms with Crippen LogP contribution in [0.15, 0.2) is 30.3 Å². The van der Waals surface area contributed by atoms with Gasteiger partial charge in [-0.3, -0.25) is 9.89 Å². The van der Waals surface area contributed by atoms with Gasteiger partial charge in [0.05, 0.1) is 36.1 Å². The van der Waals surface area contributed by atoms with E-state index in [1.165, 1.54) is 6.07 Å². The van der Waals surface area contributed by atoms with Gasteiger partial charge in [0.15, 0.2) is 0 Å². The number of aromatic hydroxyl groups is 1. The van der Waals surface area contributed by atoms with Gasteiger partial charge in [-0.25, -0.2) is 0 Å². The van der Waals surface area contributed by atoms with E-state index in [-0.39, 0.29) is 17.2 Å². The number of rotatable bonds is 7. The molecule has 1 aromatic heterocycles. The molecule has 1 aliphatic rings. The highest BCUT2D eigenvalue weighted by Crippen LogP contribution is 2.32. The molecule has 0 atom stereocenters. The number of carbonyl (C=O) groups is 1. The first-order chi connectivity index (χ1) is 14.6. The normalized spacial score (nSPS) is 12.7. The molecule has 0 aliphatic carbocycles. The van der Waals surface area contributed by atoms with Crippen LogP contribution in [0.4, 0.5) is 0 Å². The standard InChI is InChI=1S/C22H22N4O4/c1-29-13-20-17-9-18(21(27)10-19(17)24-25-20)22(28)26-11-14-4-5-16(8-15(14)12-26)30-7-3-2-6-23/h4-5,8-10,27H,2-3,7,11-13H2,1H3,(H,24,25). The zero-order valence-electron chi connectivity index (χ0n) is 16.6. The second-order valence-corrected chi connectivity index (χ2v) is 7.22. The average Bonchev–Trinajstić information content (AvgIpc) is 3.34. The number of phenolic OH excluding ortho intramolecular Hbond substituents is 1. The van der Waals surface area contributed by atoms with E-state index in [2.05, 4.69) is 16.3 Å². The Balaban J connectivity index is 1.52. The molecule has 154 valence electrons. The lowest BCUT2D eigenvalue weighted by Gasteiger charge is -2.16. The molecule has 0 radical (unpaired) electrons. The van der Waals surface area contributed by atoms with E-state index < -0.39 is 0 Å². The van der Waals surface area contributed by atoms with E-state index in [9.17, 15) is 9.90 Å². The Hall–Kier alpha value is -3.57. The van der Waals surface area contributed by atoms with Crippen molar-refractivity contribution in [2.45, 2.75) is 32.5 Å². The highest BCUT2D eigenvalue weighted by atomic mass is 16.5. The Morgan fingerprint density at radius 3 is 2.93 bits per heavy atom. The van der Waals surface area contributed by atoms with Crippen LogP contribution < -0.4 is 4.74 Å². The van der Waals surface area contributed by atoms with Crippen molar-refractivity contribution in [2.75, 3.05) is 13.7 Å². The summed E-state index contributed by atoms with van der Waals surface area (Å²) in [7, 11) is 1.58. The molecule has 0 bridgehead atoms. The quantitative estimate of drug-likeness (QED) is 0.583. The van der Waals surface area contributed by atoms with Gasteiger partial charge in [-0.2, -0.15) is 10.4 Å². The number of hydrogen-bond acceptors (Lipinski definition) is 6. The van der Waals surface area contributed by atoms with E-state index >= 15 is 0 Å². The molecule has 1 amide bonds. The average molecular weight is 406 g/mol. The van der Waals surface area contributed by atoms with Gasteiger partial charge in [0.1, 0.15) is 11.5 Å². The molecule has 4 rings (SSSR count). The number of nitrogens with one attached hydrogen (secondary N) is 1. The van der Waals surface area contributed by atoms with E-state index in [1.54, 1.807) is 18.1 Å². The molecule has 0 fully saturated rings. The Kier molecular flexibility index (Phi) is 5.55. The highest BCUT2D eigenvalue weighted by Gasteiger charge is 2.27. The molecule has 0 unspecified atom stereocenters. The van der Waals surface area contributed by atoms with Crippen LogP contribution in [-0.4, -0.2) is 39.8 Å². The first kappa shape index (κ1) is 19.7. The third kappa shape index (κ3) is 3.80. The van der Waals surface area contributed by atoms with Crippen LogP contribution in [-0.2, 0) is 24.4 Å². The second kappa shape index (κ2) is 8.43. The second-order valence-electron chi connectivity index (χ2n) is 7.22. The van der Waals surface area contributed by atoms with Crippen molar-refractivity contribution in [3.63, 3.8) is 0 Å². The van der Waals surface area contributed by atoms with Crippen LogP contribution >= 0.6 is 0 Å². The minimum absolute atomic E-state index is 0.0856. The molecule has 2 heterocycles. The van der Waals surface area contributed by atoms with Crippen LogP contribution in [0.5, 0.6) is 11.5 Å². The molecular weight excluding hydrogens is 384 g/mol. The fraction of sp³-hybridized carbons (Fsp3) is 0.318. The summed E-state index contributed by atoms with van der Waals surface area (Å²) in [6.45, 7) is 1.70. The fourth-order valence-electron chi connectivity index (χ4n) is 3.64. The van der Waals surface area contributed by atoms with Gasteiger partial charge < -0.3 is 19.5 Å². The van der Waals surface area contributed by atoms with E-state index in [1.807, 2.05) is 18.2 Å². The molecule has 30 heavy (non-hydrogen) atoms. The summed E-state index contributed by atoms with van der Waals surface area (Å²) < 4.78 is 10.8. The number of methoxy groups -OCH3 is 1. The smallest absolute Gasteiger partial charge is 0.258 e. The molecule has 2 N–H and O–H groups in total. The van der Waals surface area contributed by atoms with Gasteiger partial charge in [0.2, 0.25) is 0 Å². The summed E-state index contributed by atoms with van der Waals surface area (Å²) in [6, 6.07) is 11.1. The third-order valence-electron chi connectivity index (χ3n) is 5.16. The van der Waals surface area contributed by atoms with Gasteiger partial charge in [-0.1, -0.05) is 6.07 Å². The minimum Gasteiger partial charge on any atom is -0.507 e.